The maximum Gasteiger partial charge on any atom is 0.258 e. The average molecular weight is 312 g/mol. The number of benzene rings is 1. The Labute approximate surface area is 135 Å². The van der Waals surface area contributed by atoms with E-state index in [1.54, 1.807) is 12.1 Å². The molecule has 120 valence electrons. The first kappa shape index (κ1) is 15.5. The number of carbonyl (C=O) groups is 1. The van der Waals surface area contributed by atoms with Gasteiger partial charge >= 0.3 is 0 Å². The summed E-state index contributed by atoms with van der Waals surface area (Å²) in [5.74, 6) is 0.892. The largest absolute Gasteiger partial charge is 0.482 e. The van der Waals surface area contributed by atoms with E-state index in [0.29, 0.717) is 17.4 Å². The van der Waals surface area contributed by atoms with Crippen LogP contribution in [0.1, 0.15) is 30.1 Å². The minimum Gasteiger partial charge on any atom is -0.482 e. The fourth-order valence-electron chi connectivity index (χ4n) is 2.52. The third-order valence-corrected chi connectivity index (χ3v) is 3.90. The summed E-state index contributed by atoms with van der Waals surface area (Å²) in [6, 6.07) is 13.5. The van der Waals surface area contributed by atoms with Gasteiger partial charge in [0, 0.05) is 0 Å². The van der Waals surface area contributed by atoms with Crippen LogP contribution in [0.25, 0.3) is 0 Å². The first-order valence-corrected chi connectivity index (χ1v) is 7.79. The standard InChI is InChI=1S/C18H20N2O3/c21-11-15-8-9-16(10-19-15)23-12-17(22)20-18(14-6-7-14)13-4-2-1-3-5-13/h1-5,8-10,14,18,21H,6-7,11-12H2,(H,20,22). The Hall–Kier alpha value is -2.40. The van der Waals surface area contributed by atoms with Gasteiger partial charge in [-0.3, -0.25) is 9.78 Å². The summed E-state index contributed by atoms with van der Waals surface area (Å²) in [6.07, 6.45) is 3.80. The molecule has 0 radical (unpaired) electrons. The lowest BCUT2D eigenvalue weighted by molar-refractivity contribution is -0.124. The summed E-state index contributed by atoms with van der Waals surface area (Å²) in [5, 5.41) is 12.0. The molecule has 1 saturated carbocycles. The van der Waals surface area contributed by atoms with Gasteiger partial charge in [0.15, 0.2) is 6.61 Å². The minimum absolute atomic E-state index is 0.0454. The van der Waals surface area contributed by atoms with E-state index in [0.717, 1.165) is 18.4 Å². The van der Waals surface area contributed by atoms with Gasteiger partial charge in [-0.15, -0.1) is 0 Å². The highest BCUT2D eigenvalue weighted by atomic mass is 16.5. The lowest BCUT2D eigenvalue weighted by Gasteiger charge is -2.19. The molecule has 1 heterocycles. The summed E-state index contributed by atoms with van der Waals surface area (Å²) in [7, 11) is 0. The molecule has 5 nitrogen and oxygen atoms in total. The van der Waals surface area contributed by atoms with E-state index in [1.165, 1.54) is 6.20 Å². The molecular weight excluding hydrogens is 292 g/mol. The number of amides is 1. The Balaban J connectivity index is 1.55. The Bertz CT molecular complexity index is 639. The molecular formula is C18H20N2O3. The van der Waals surface area contributed by atoms with Crippen LogP contribution < -0.4 is 10.1 Å². The van der Waals surface area contributed by atoms with E-state index in [2.05, 4.69) is 10.3 Å². The number of carbonyl (C=O) groups excluding carboxylic acids is 1. The molecule has 1 amide bonds. The maximum atomic E-state index is 12.2. The number of aliphatic hydroxyl groups excluding tert-OH is 1. The number of hydrogen-bond acceptors (Lipinski definition) is 4. The highest BCUT2D eigenvalue weighted by molar-refractivity contribution is 5.78. The molecule has 5 heteroatoms. The van der Waals surface area contributed by atoms with Crippen molar-refractivity contribution in [1.82, 2.24) is 10.3 Å². The number of aliphatic hydroxyl groups is 1. The lowest BCUT2D eigenvalue weighted by Crippen LogP contribution is -2.33. The Morgan fingerprint density at radius 1 is 1.26 bits per heavy atom. The van der Waals surface area contributed by atoms with Gasteiger partial charge in [-0.2, -0.15) is 0 Å². The number of aromatic nitrogens is 1. The zero-order valence-corrected chi connectivity index (χ0v) is 12.8. The number of rotatable bonds is 7. The number of nitrogens with one attached hydrogen (secondary N) is 1. The van der Waals surface area contributed by atoms with Crippen LogP contribution in [0.2, 0.25) is 0 Å². The molecule has 0 bridgehead atoms. The molecule has 23 heavy (non-hydrogen) atoms. The van der Waals surface area contributed by atoms with Crippen LogP contribution in [-0.2, 0) is 11.4 Å². The van der Waals surface area contributed by atoms with Crippen molar-refractivity contribution in [2.45, 2.75) is 25.5 Å². The van der Waals surface area contributed by atoms with Gasteiger partial charge < -0.3 is 15.2 Å². The predicted molar refractivity (Wildman–Crippen MR) is 85.7 cm³/mol. The predicted octanol–water partition coefficient (Wildman–Crippen LogP) is 2.22. The molecule has 1 aliphatic carbocycles. The molecule has 0 saturated heterocycles. The van der Waals surface area contributed by atoms with E-state index < -0.39 is 0 Å². The van der Waals surface area contributed by atoms with Crippen molar-refractivity contribution in [3.63, 3.8) is 0 Å². The van der Waals surface area contributed by atoms with Crippen molar-refractivity contribution in [2.24, 2.45) is 5.92 Å². The first-order valence-electron chi connectivity index (χ1n) is 7.79. The molecule has 0 aliphatic heterocycles. The monoisotopic (exact) mass is 312 g/mol. The lowest BCUT2D eigenvalue weighted by atomic mass is 10.0. The van der Waals surface area contributed by atoms with E-state index in [1.807, 2.05) is 30.3 Å². The molecule has 2 N–H and O–H groups in total. The number of hydrogen-bond donors (Lipinski definition) is 2. The highest BCUT2D eigenvalue weighted by Gasteiger charge is 2.33. The Morgan fingerprint density at radius 3 is 2.65 bits per heavy atom. The molecule has 1 aromatic carbocycles. The van der Waals surface area contributed by atoms with Crippen LogP contribution in [0, 0.1) is 5.92 Å². The Morgan fingerprint density at radius 2 is 2.04 bits per heavy atom. The molecule has 1 unspecified atom stereocenters. The van der Waals surface area contributed by atoms with Crippen LogP contribution in [0.15, 0.2) is 48.7 Å². The first-order chi connectivity index (χ1) is 11.3. The van der Waals surface area contributed by atoms with Gasteiger partial charge in [0.2, 0.25) is 0 Å². The summed E-state index contributed by atoms with van der Waals surface area (Å²) in [5.41, 5.74) is 1.71. The second-order valence-electron chi connectivity index (χ2n) is 5.73. The molecule has 2 aromatic rings. The van der Waals surface area contributed by atoms with Crippen molar-refractivity contribution < 1.29 is 14.6 Å². The van der Waals surface area contributed by atoms with Gasteiger partial charge in [-0.25, -0.2) is 0 Å². The minimum atomic E-state index is -0.142. The summed E-state index contributed by atoms with van der Waals surface area (Å²) in [6.45, 7) is -0.156. The third-order valence-electron chi connectivity index (χ3n) is 3.90. The molecule has 1 aliphatic rings. The third kappa shape index (κ3) is 4.29. The summed E-state index contributed by atoms with van der Waals surface area (Å²) < 4.78 is 5.45. The van der Waals surface area contributed by atoms with Crippen LogP contribution in [-0.4, -0.2) is 22.6 Å². The van der Waals surface area contributed by atoms with Gasteiger partial charge in [0.1, 0.15) is 5.75 Å². The average Bonchev–Trinajstić information content (AvgIpc) is 3.44. The van der Waals surface area contributed by atoms with Gasteiger partial charge in [0.05, 0.1) is 24.5 Å². The van der Waals surface area contributed by atoms with Crippen molar-refractivity contribution in [2.75, 3.05) is 6.61 Å². The second-order valence-corrected chi connectivity index (χ2v) is 5.73. The quantitative estimate of drug-likeness (QED) is 0.822. The SMILES string of the molecule is O=C(COc1ccc(CO)nc1)NC(c1ccccc1)C1CC1. The van der Waals surface area contributed by atoms with Crippen molar-refractivity contribution in [3.8, 4) is 5.75 Å². The molecule has 1 fully saturated rings. The highest BCUT2D eigenvalue weighted by Crippen LogP contribution is 2.40. The van der Waals surface area contributed by atoms with Crippen LogP contribution >= 0.6 is 0 Å². The normalized spacial score (nSPS) is 15.0. The van der Waals surface area contributed by atoms with Crippen molar-refractivity contribution in [3.05, 3.63) is 59.9 Å². The second kappa shape index (κ2) is 7.24. The van der Waals surface area contributed by atoms with E-state index in [9.17, 15) is 4.79 Å². The zero-order valence-electron chi connectivity index (χ0n) is 12.8. The van der Waals surface area contributed by atoms with Crippen LogP contribution in [0.4, 0.5) is 0 Å². The smallest absolute Gasteiger partial charge is 0.258 e. The van der Waals surface area contributed by atoms with Crippen LogP contribution in [0.5, 0.6) is 5.75 Å². The van der Waals surface area contributed by atoms with E-state index >= 15 is 0 Å². The van der Waals surface area contributed by atoms with Gasteiger partial charge in [0.25, 0.3) is 5.91 Å². The van der Waals surface area contributed by atoms with Crippen LogP contribution in [0.3, 0.4) is 0 Å². The molecule has 0 spiro atoms. The molecule has 1 aromatic heterocycles. The Kier molecular flexibility index (Phi) is 4.88. The zero-order chi connectivity index (χ0) is 16.1. The maximum absolute atomic E-state index is 12.2. The van der Waals surface area contributed by atoms with Crippen molar-refractivity contribution in [1.29, 1.82) is 0 Å². The van der Waals surface area contributed by atoms with E-state index in [4.69, 9.17) is 9.84 Å². The summed E-state index contributed by atoms with van der Waals surface area (Å²) >= 11 is 0. The number of nitrogens with zero attached hydrogens (tertiary/aromatic N) is 1. The molecule has 1 atom stereocenters. The van der Waals surface area contributed by atoms with Gasteiger partial charge in [-0.1, -0.05) is 30.3 Å². The van der Waals surface area contributed by atoms with Crippen molar-refractivity contribution >= 4 is 5.91 Å². The fourth-order valence-corrected chi connectivity index (χ4v) is 2.52. The van der Waals surface area contributed by atoms with E-state index in [-0.39, 0.29) is 25.2 Å². The fraction of sp³-hybridized carbons (Fsp3) is 0.333. The van der Waals surface area contributed by atoms with Gasteiger partial charge in [-0.05, 0) is 36.5 Å². The number of ether oxygens (including phenoxy) is 1. The molecule has 3 rings (SSSR count). The number of pyridine rings is 1. The summed E-state index contributed by atoms with van der Waals surface area (Å²) in [4.78, 5) is 16.2. The topological polar surface area (TPSA) is 71.5 Å².